The SMILES string of the molecule is CCN1c2cc(OC)c(C=Nc3cccc(C(=O)OC)c3C)cc2C(C)CC1(C)C. The van der Waals surface area contributed by atoms with Crippen LogP contribution >= 0.6 is 0 Å². The summed E-state index contributed by atoms with van der Waals surface area (Å²) in [6, 6.07) is 9.80. The first-order chi connectivity index (χ1) is 14.2. The number of esters is 1. The van der Waals surface area contributed by atoms with E-state index in [0.717, 1.165) is 35.5 Å². The first-order valence-electron chi connectivity index (χ1n) is 10.4. The molecule has 2 aromatic carbocycles. The zero-order valence-electron chi connectivity index (χ0n) is 19.1. The molecule has 1 unspecified atom stereocenters. The number of hydrogen-bond acceptors (Lipinski definition) is 5. The predicted octanol–water partition coefficient (Wildman–Crippen LogP) is 5.65. The van der Waals surface area contributed by atoms with Crippen molar-refractivity contribution in [2.45, 2.75) is 52.5 Å². The Balaban J connectivity index is 2.05. The van der Waals surface area contributed by atoms with E-state index in [9.17, 15) is 4.79 Å². The van der Waals surface area contributed by atoms with Gasteiger partial charge in [-0.1, -0.05) is 13.0 Å². The maximum absolute atomic E-state index is 12.0. The molecule has 1 heterocycles. The molecule has 0 fully saturated rings. The van der Waals surface area contributed by atoms with Crippen molar-refractivity contribution in [2.24, 2.45) is 4.99 Å². The van der Waals surface area contributed by atoms with Crippen LogP contribution in [0.15, 0.2) is 35.3 Å². The second-order valence-corrected chi connectivity index (χ2v) is 8.51. The Morgan fingerprint density at radius 2 is 2.03 bits per heavy atom. The zero-order valence-corrected chi connectivity index (χ0v) is 19.1. The number of nitrogens with zero attached hydrogens (tertiary/aromatic N) is 2. The molecule has 0 saturated carbocycles. The van der Waals surface area contributed by atoms with Gasteiger partial charge in [0.1, 0.15) is 5.75 Å². The van der Waals surface area contributed by atoms with Crippen molar-refractivity contribution in [3.63, 3.8) is 0 Å². The minimum atomic E-state index is -0.355. The molecule has 1 atom stereocenters. The molecule has 5 nitrogen and oxygen atoms in total. The van der Waals surface area contributed by atoms with E-state index in [1.54, 1.807) is 13.2 Å². The molecule has 0 saturated heterocycles. The lowest BCUT2D eigenvalue weighted by atomic mass is 9.79. The summed E-state index contributed by atoms with van der Waals surface area (Å²) in [5.74, 6) is 0.884. The van der Waals surface area contributed by atoms with Crippen molar-refractivity contribution in [3.8, 4) is 5.75 Å². The van der Waals surface area contributed by atoms with Gasteiger partial charge in [-0.2, -0.15) is 0 Å². The van der Waals surface area contributed by atoms with Gasteiger partial charge >= 0.3 is 5.97 Å². The number of benzene rings is 2. The normalized spacial score (nSPS) is 17.7. The lowest BCUT2D eigenvalue weighted by Crippen LogP contribution is -2.48. The van der Waals surface area contributed by atoms with Crippen LogP contribution in [0, 0.1) is 6.92 Å². The Labute approximate surface area is 179 Å². The van der Waals surface area contributed by atoms with Crippen LogP contribution in [-0.4, -0.2) is 38.5 Å². The number of carbonyl (C=O) groups is 1. The molecule has 0 amide bonds. The fraction of sp³-hybridized carbons (Fsp3) is 0.440. The minimum absolute atomic E-state index is 0.104. The lowest BCUT2D eigenvalue weighted by molar-refractivity contribution is 0.0600. The van der Waals surface area contributed by atoms with Crippen LogP contribution in [0.5, 0.6) is 5.75 Å². The van der Waals surface area contributed by atoms with Gasteiger partial charge < -0.3 is 14.4 Å². The molecule has 2 aromatic rings. The summed E-state index contributed by atoms with van der Waals surface area (Å²) in [6.07, 6.45) is 2.92. The van der Waals surface area contributed by atoms with Crippen molar-refractivity contribution >= 4 is 23.6 Å². The molecule has 0 spiro atoms. The number of hydrogen-bond donors (Lipinski definition) is 0. The van der Waals surface area contributed by atoms with Gasteiger partial charge in [0.2, 0.25) is 0 Å². The molecule has 0 radical (unpaired) electrons. The van der Waals surface area contributed by atoms with Gasteiger partial charge in [0.25, 0.3) is 0 Å². The number of methoxy groups -OCH3 is 2. The largest absolute Gasteiger partial charge is 0.496 e. The van der Waals surface area contributed by atoms with Crippen molar-refractivity contribution in [1.29, 1.82) is 0 Å². The second kappa shape index (κ2) is 8.50. The quantitative estimate of drug-likeness (QED) is 0.474. The summed E-state index contributed by atoms with van der Waals surface area (Å²) < 4.78 is 10.6. The first-order valence-corrected chi connectivity index (χ1v) is 10.4. The summed E-state index contributed by atoms with van der Waals surface area (Å²) in [7, 11) is 3.08. The average molecular weight is 409 g/mol. The van der Waals surface area contributed by atoms with Gasteiger partial charge in [-0.05, 0) is 69.4 Å². The van der Waals surface area contributed by atoms with E-state index in [4.69, 9.17) is 9.47 Å². The lowest BCUT2D eigenvalue weighted by Gasteiger charge is -2.47. The Bertz CT molecular complexity index is 979. The first kappa shape index (κ1) is 21.9. The standard InChI is InChI=1S/C25H32N2O3/c1-8-27-22-13-23(29-6)18(12-20(22)16(2)14-25(27,4)5)15-26-21-11-9-10-19(17(21)3)24(28)30-7/h9-13,15-16H,8,14H2,1-7H3. The van der Waals surface area contributed by atoms with Gasteiger partial charge in [-0.3, -0.25) is 4.99 Å². The van der Waals surface area contributed by atoms with E-state index >= 15 is 0 Å². The highest BCUT2D eigenvalue weighted by Crippen LogP contribution is 2.45. The topological polar surface area (TPSA) is 51.1 Å². The molecular formula is C25H32N2O3. The number of carbonyl (C=O) groups excluding carboxylic acids is 1. The van der Waals surface area contributed by atoms with Gasteiger partial charge in [0.05, 0.1) is 25.5 Å². The maximum Gasteiger partial charge on any atom is 0.338 e. The van der Waals surface area contributed by atoms with Crippen LogP contribution in [0.4, 0.5) is 11.4 Å². The summed E-state index contributed by atoms with van der Waals surface area (Å²) in [6.45, 7) is 11.9. The van der Waals surface area contributed by atoms with Crippen LogP contribution in [0.1, 0.15) is 67.1 Å². The Kier molecular flexibility index (Phi) is 6.20. The van der Waals surface area contributed by atoms with Crippen molar-refractivity contribution in [1.82, 2.24) is 0 Å². The molecule has 0 bridgehead atoms. The molecule has 1 aliphatic rings. The summed E-state index contributed by atoms with van der Waals surface area (Å²) >= 11 is 0. The highest BCUT2D eigenvalue weighted by molar-refractivity contribution is 5.93. The average Bonchev–Trinajstić information content (AvgIpc) is 2.71. The summed E-state index contributed by atoms with van der Waals surface area (Å²) in [5.41, 5.74) is 5.65. The van der Waals surface area contributed by atoms with E-state index in [0.29, 0.717) is 11.5 Å². The molecular weight excluding hydrogens is 376 g/mol. The molecule has 0 N–H and O–H groups in total. The molecule has 0 aliphatic carbocycles. The van der Waals surface area contributed by atoms with Crippen LogP contribution < -0.4 is 9.64 Å². The Morgan fingerprint density at radius 1 is 1.30 bits per heavy atom. The fourth-order valence-corrected chi connectivity index (χ4v) is 4.64. The third-order valence-electron chi connectivity index (χ3n) is 6.11. The van der Waals surface area contributed by atoms with Crippen molar-refractivity contribution in [3.05, 3.63) is 52.6 Å². The van der Waals surface area contributed by atoms with Crippen molar-refractivity contribution < 1.29 is 14.3 Å². The molecule has 160 valence electrons. The second-order valence-electron chi connectivity index (χ2n) is 8.51. The van der Waals surface area contributed by atoms with Gasteiger partial charge in [-0.25, -0.2) is 4.79 Å². The molecule has 30 heavy (non-hydrogen) atoms. The van der Waals surface area contributed by atoms with Crippen LogP contribution in [0.3, 0.4) is 0 Å². The van der Waals surface area contributed by atoms with E-state index in [-0.39, 0.29) is 11.5 Å². The number of ether oxygens (including phenoxy) is 2. The van der Waals surface area contributed by atoms with E-state index in [1.807, 2.05) is 25.3 Å². The highest BCUT2D eigenvalue weighted by Gasteiger charge is 2.36. The third kappa shape index (κ3) is 3.93. The number of fused-ring (bicyclic) bond motifs is 1. The van der Waals surface area contributed by atoms with Crippen LogP contribution in [0.2, 0.25) is 0 Å². The number of rotatable bonds is 5. The number of anilines is 1. The van der Waals surface area contributed by atoms with Crippen molar-refractivity contribution in [2.75, 3.05) is 25.7 Å². The maximum atomic E-state index is 12.0. The smallest absolute Gasteiger partial charge is 0.338 e. The van der Waals surface area contributed by atoms with Crippen LogP contribution in [0.25, 0.3) is 0 Å². The summed E-state index contributed by atoms with van der Waals surface area (Å²) in [5, 5.41) is 0. The Hall–Kier alpha value is -2.82. The molecule has 5 heteroatoms. The molecule has 3 rings (SSSR count). The fourth-order valence-electron chi connectivity index (χ4n) is 4.64. The minimum Gasteiger partial charge on any atom is -0.496 e. The summed E-state index contributed by atoms with van der Waals surface area (Å²) in [4.78, 5) is 19.1. The van der Waals surface area contributed by atoms with Gasteiger partial charge in [0, 0.05) is 35.6 Å². The third-order valence-corrected chi connectivity index (χ3v) is 6.11. The van der Waals surface area contributed by atoms with Gasteiger partial charge in [0.15, 0.2) is 0 Å². The zero-order chi connectivity index (χ0) is 22.1. The van der Waals surface area contributed by atoms with E-state index in [1.165, 1.54) is 18.4 Å². The number of aliphatic imine (C=N–C) groups is 1. The highest BCUT2D eigenvalue weighted by atomic mass is 16.5. The monoisotopic (exact) mass is 408 g/mol. The predicted molar refractivity (Wildman–Crippen MR) is 123 cm³/mol. The Morgan fingerprint density at radius 3 is 2.67 bits per heavy atom. The molecule has 1 aliphatic heterocycles. The van der Waals surface area contributed by atoms with Gasteiger partial charge in [-0.15, -0.1) is 0 Å². The van der Waals surface area contributed by atoms with Crippen LogP contribution in [-0.2, 0) is 4.74 Å². The van der Waals surface area contributed by atoms with E-state index in [2.05, 4.69) is 49.7 Å². The molecule has 0 aromatic heterocycles. The van der Waals surface area contributed by atoms with E-state index < -0.39 is 0 Å².